The predicted octanol–water partition coefficient (Wildman–Crippen LogP) is 3.30. The Hall–Kier alpha value is -1.56. The van der Waals surface area contributed by atoms with Crippen molar-refractivity contribution in [2.24, 2.45) is 0 Å². The lowest BCUT2D eigenvalue weighted by molar-refractivity contribution is 0.256. The maximum absolute atomic E-state index is 12.3. The first kappa shape index (κ1) is 17.3. The third-order valence-corrected chi connectivity index (χ3v) is 6.94. The molecule has 2 aliphatic carbocycles. The molecule has 2 amide bonds. The van der Waals surface area contributed by atoms with Crippen LogP contribution in [-0.4, -0.2) is 19.7 Å². The Kier molecular flexibility index (Phi) is 4.85. The van der Waals surface area contributed by atoms with Crippen molar-refractivity contribution in [3.05, 3.63) is 28.3 Å². The summed E-state index contributed by atoms with van der Waals surface area (Å²) in [6.45, 7) is 3.57. The molecule has 1 aromatic rings. The van der Waals surface area contributed by atoms with Crippen LogP contribution in [0.4, 0.5) is 10.5 Å². The molecule has 0 radical (unpaired) electrons. The molecule has 3 rings (SSSR count). The molecule has 1 unspecified atom stereocenters. The van der Waals surface area contributed by atoms with Crippen LogP contribution < -0.4 is 10.0 Å². The number of carbonyl (C=O) groups excluding carboxylic acids is 1. The Morgan fingerprint density at radius 1 is 1.12 bits per heavy atom. The topological polar surface area (TPSA) is 75.3 Å². The number of amides is 2. The molecule has 1 aromatic carbocycles. The van der Waals surface area contributed by atoms with Gasteiger partial charge in [0.05, 0.1) is 5.25 Å². The number of urea groups is 1. The second-order valence-corrected chi connectivity index (χ2v) is 9.03. The Labute approximate surface area is 144 Å². The molecule has 0 saturated heterocycles. The summed E-state index contributed by atoms with van der Waals surface area (Å²) in [7, 11) is -3.63. The van der Waals surface area contributed by atoms with E-state index >= 15 is 0 Å². The number of fused-ring (bicyclic) bond motifs is 2. The van der Waals surface area contributed by atoms with Crippen molar-refractivity contribution in [3.8, 4) is 0 Å². The highest BCUT2D eigenvalue weighted by Gasteiger charge is 2.27. The van der Waals surface area contributed by atoms with E-state index in [1.54, 1.807) is 6.92 Å². The first-order valence-corrected chi connectivity index (χ1v) is 10.5. The van der Waals surface area contributed by atoms with E-state index in [0.717, 1.165) is 50.6 Å². The molecule has 6 heteroatoms. The van der Waals surface area contributed by atoms with E-state index in [-0.39, 0.29) is 0 Å². The second kappa shape index (κ2) is 6.75. The summed E-state index contributed by atoms with van der Waals surface area (Å²) in [5.41, 5.74) is 5.89. The molecule has 0 fully saturated rings. The zero-order valence-electron chi connectivity index (χ0n) is 14.4. The third kappa shape index (κ3) is 3.29. The lowest BCUT2D eigenvalue weighted by Crippen LogP contribution is -2.39. The van der Waals surface area contributed by atoms with Crippen LogP contribution in [0.2, 0.25) is 0 Å². The zero-order chi connectivity index (χ0) is 17.3. The number of aryl methyl sites for hydroxylation is 2. The van der Waals surface area contributed by atoms with Gasteiger partial charge in [0, 0.05) is 5.69 Å². The third-order valence-electron chi connectivity index (χ3n) is 5.17. The molecule has 0 aliphatic heterocycles. The maximum Gasteiger partial charge on any atom is 0.332 e. The van der Waals surface area contributed by atoms with Gasteiger partial charge in [-0.05, 0) is 74.1 Å². The van der Waals surface area contributed by atoms with Gasteiger partial charge in [-0.25, -0.2) is 17.9 Å². The van der Waals surface area contributed by atoms with Gasteiger partial charge in [0.1, 0.15) is 0 Å². The molecule has 0 aromatic heterocycles. The first-order valence-electron chi connectivity index (χ1n) is 8.91. The lowest BCUT2D eigenvalue weighted by atomic mass is 9.99. The maximum atomic E-state index is 12.3. The SMILES string of the molecule is CCCC(C)S(=O)(=O)NC(=O)Nc1c2c(cc3c1CCC3)CCC2. The van der Waals surface area contributed by atoms with E-state index in [4.69, 9.17) is 0 Å². The zero-order valence-corrected chi connectivity index (χ0v) is 15.3. The smallest absolute Gasteiger partial charge is 0.307 e. The minimum absolute atomic E-state index is 0.540. The van der Waals surface area contributed by atoms with E-state index < -0.39 is 21.3 Å². The van der Waals surface area contributed by atoms with E-state index in [1.165, 1.54) is 22.3 Å². The van der Waals surface area contributed by atoms with Crippen LogP contribution in [0.15, 0.2) is 6.07 Å². The number of rotatable bonds is 5. The van der Waals surface area contributed by atoms with Gasteiger partial charge in [-0.3, -0.25) is 0 Å². The predicted molar refractivity (Wildman–Crippen MR) is 95.9 cm³/mol. The van der Waals surface area contributed by atoms with Gasteiger partial charge in [0.2, 0.25) is 10.0 Å². The highest BCUT2D eigenvalue weighted by molar-refractivity contribution is 7.90. The second-order valence-electron chi connectivity index (χ2n) is 6.93. The van der Waals surface area contributed by atoms with Crippen molar-refractivity contribution in [2.45, 2.75) is 70.5 Å². The summed E-state index contributed by atoms with van der Waals surface area (Å²) < 4.78 is 26.6. The summed E-state index contributed by atoms with van der Waals surface area (Å²) >= 11 is 0. The highest BCUT2D eigenvalue weighted by Crippen LogP contribution is 2.38. The van der Waals surface area contributed by atoms with Gasteiger partial charge in [0.25, 0.3) is 0 Å². The normalized spacial score (nSPS) is 17.2. The average Bonchev–Trinajstić information content (AvgIpc) is 3.15. The quantitative estimate of drug-likeness (QED) is 0.855. The largest absolute Gasteiger partial charge is 0.332 e. The molecule has 0 bridgehead atoms. The number of benzene rings is 1. The number of hydrogen-bond donors (Lipinski definition) is 2. The minimum Gasteiger partial charge on any atom is -0.307 e. The van der Waals surface area contributed by atoms with Crippen molar-refractivity contribution in [1.29, 1.82) is 0 Å². The van der Waals surface area contributed by atoms with E-state index in [1.807, 2.05) is 6.92 Å². The summed E-state index contributed by atoms with van der Waals surface area (Å²) in [6.07, 6.45) is 7.51. The summed E-state index contributed by atoms with van der Waals surface area (Å²) in [5.74, 6) is 0. The lowest BCUT2D eigenvalue weighted by Gasteiger charge is -2.18. The van der Waals surface area contributed by atoms with E-state index in [0.29, 0.717) is 6.42 Å². The number of nitrogens with one attached hydrogen (secondary N) is 2. The fourth-order valence-corrected chi connectivity index (χ4v) is 4.95. The van der Waals surface area contributed by atoms with E-state index in [9.17, 15) is 13.2 Å². The number of hydrogen-bond acceptors (Lipinski definition) is 3. The van der Waals surface area contributed by atoms with Crippen LogP contribution in [-0.2, 0) is 35.7 Å². The molecule has 24 heavy (non-hydrogen) atoms. The Bertz CT molecular complexity index is 724. The Balaban J connectivity index is 1.81. The van der Waals surface area contributed by atoms with Crippen LogP contribution in [0.25, 0.3) is 0 Å². The van der Waals surface area contributed by atoms with Gasteiger partial charge in [-0.15, -0.1) is 0 Å². The fraction of sp³-hybridized carbons (Fsp3) is 0.611. The monoisotopic (exact) mass is 350 g/mol. The molecule has 2 N–H and O–H groups in total. The van der Waals surface area contributed by atoms with Crippen LogP contribution in [0.5, 0.6) is 0 Å². The standard InChI is InChI=1S/C18H26N2O3S/c1-3-6-12(2)24(22,23)20-18(21)19-17-15-9-4-7-13(15)11-14-8-5-10-16(14)17/h11-12H,3-10H2,1-2H3,(H2,19,20,21). The Morgan fingerprint density at radius 3 is 2.25 bits per heavy atom. The fourth-order valence-electron chi connectivity index (χ4n) is 3.90. The molecule has 1 atom stereocenters. The van der Waals surface area contributed by atoms with Crippen LogP contribution in [0, 0.1) is 0 Å². The molecule has 0 heterocycles. The molecular weight excluding hydrogens is 324 g/mol. The molecule has 0 spiro atoms. The summed E-state index contributed by atoms with van der Waals surface area (Å²) in [6, 6.07) is 1.65. The van der Waals surface area contributed by atoms with Crippen molar-refractivity contribution >= 4 is 21.7 Å². The average molecular weight is 350 g/mol. The minimum atomic E-state index is -3.63. The van der Waals surface area contributed by atoms with Crippen LogP contribution in [0.3, 0.4) is 0 Å². The van der Waals surface area contributed by atoms with Crippen molar-refractivity contribution in [2.75, 3.05) is 5.32 Å². The van der Waals surface area contributed by atoms with Crippen molar-refractivity contribution in [1.82, 2.24) is 4.72 Å². The number of sulfonamides is 1. The molecular formula is C18H26N2O3S. The summed E-state index contributed by atoms with van der Waals surface area (Å²) in [5, 5.41) is 2.30. The molecule has 0 saturated carbocycles. The molecule has 2 aliphatic rings. The van der Waals surface area contributed by atoms with Crippen LogP contribution in [0.1, 0.15) is 61.8 Å². The van der Waals surface area contributed by atoms with Crippen LogP contribution >= 0.6 is 0 Å². The van der Waals surface area contributed by atoms with Gasteiger partial charge in [0.15, 0.2) is 0 Å². The number of carbonyl (C=O) groups is 1. The van der Waals surface area contributed by atoms with Gasteiger partial charge in [-0.1, -0.05) is 19.4 Å². The molecule has 132 valence electrons. The Morgan fingerprint density at radius 2 is 1.71 bits per heavy atom. The number of anilines is 1. The van der Waals surface area contributed by atoms with Crippen molar-refractivity contribution < 1.29 is 13.2 Å². The van der Waals surface area contributed by atoms with Gasteiger partial charge in [-0.2, -0.15) is 0 Å². The van der Waals surface area contributed by atoms with Gasteiger partial charge >= 0.3 is 6.03 Å². The van der Waals surface area contributed by atoms with Gasteiger partial charge < -0.3 is 5.32 Å². The first-order chi connectivity index (χ1) is 11.4. The van der Waals surface area contributed by atoms with Crippen molar-refractivity contribution in [3.63, 3.8) is 0 Å². The summed E-state index contributed by atoms with van der Waals surface area (Å²) in [4.78, 5) is 12.3. The molecule has 5 nitrogen and oxygen atoms in total. The van der Waals surface area contributed by atoms with E-state index in [2.05, 4.69) is 16.1 Å². The highest BCUT2D eigenvalue weighted by atomic mass is 32.2.